The second-order valence-corrected chi connectivity index (χ2v) is 12.7. The smallest absolute Gasteiger partial charge is 0.349 e. The van der Waals surface area contributed by atoms with Crippen molar-refractivity contribution in [2.75, 3.05) is 32.1 Å². The van der Waals surface area contributed by atoms with Crippen molar-refractivity contribution in [1.29, 1.82) is 0 Å². The fourth-order valence-corrected chi connectivity index (χ4v) is 6.33. The molecule has 236 valence electrons. The number of piperazine rings is 1. The van der Waals surface area contributed by atoms with Gasteiger partial charge in [-0.2, -0.15) is 4.98 Å². The Hall–Kier alpha value is -4.15. The van der Waals surface area contributed by atoms with E-state index in [-0.39, 0.29) is 40.2 Å². The van der Waals surface area contributed by atoms with E-state index < -0.39 is 11.5 Å². The first-order chi connectivity index (χ1) is 21.3. The van der Waals surface area contributed by atoms with Gasteiger partial charge in [0.25, 0.3) is 0 Å². The second-order valence-electron chi connectivity index (χ2n) is 12.3. The molecule has 0 radical (unpaired) electrons. The lowest BCUT2D eigenvalue weighted by Gasteiger charge is -2.44. The van der Waals surface area contributed by atoms with Gasteiger partial charge < -0.3 is 14.7 Å². The van der Waals surface area contributed by atoms with Gasteiger partial charge in [0.15, 0.2) is 5.65 Å². The van der Waals surface area contributed by atoms with Crippen LogP contribution in [0.5, 0.6) is 0 Å². The van der Waals surface area contributed by atoms with E-state index >= 15 is 4.39 Å². The number of benzene rings is 1. The SMILES string of the molecule is C=CC(=O)N1C[C@H](C)N(c2nc(=O)n(-c3c(C)cc(CN(C)C)nc3C(C)C)c3nc(-c4ccccc4F)c(Cl)cc23)C[C@H]1C. The molecular weight excluding hydrogens is 593 g/mol. The summed E-state index contributed by atoms with van der Waals surface area (Å²) in [4.78, 5) is 47.2. The van der Waals surface area contributed by atoms with Gasteiger partial charge in [0.2, 0.25) is 5.91 Å². The number of anilines is 1. The van der Waals surface area contributed by atoms with Crippen LogP contribution >= 0.6 is 11.6 Å². The third-order valence-electron chi connectivity index (χ3n) is 8.16. The molecule has 0 saturated carbocycles. The number of carbonyl (C=O) groups excluding carboxylic acids is 1. The van der Waals surface area contributed by atoms with E-state index in [0.29, 0.717) is 42.2 Å². The first-order valence-electron chi connectivity index (χ1n) is 15.1. The van der Waals surface area contributed by atoms with E-state index in [1.165, 1.54) is 16.7 Å². The number of hydrogen-bond acceptors (Lipinski definition) is 7. The highest BCUT2D eigenvalue weighted by Crippen LogP contribution is 2.36. The lowest BCUT2D eigenvalue weighted by Crippen LogP contribution is -2.58. The molecule has 0 bridgehead atoms. The van der Waals surface area contributed by atoms with Crippen LogP contribution in [0.25, 0.3) is 28.0 Å². The van der Waals surface area contributed by atoms with E-state index in [1.54, 1.807) is 29.2 Å². The van der Waals surface area contributed by atoms with Crippen molar-refractivity contribution in [1.82, 2.24) is 29.3 Å². The Kier molecular flexibility index (Phi) is 9.09. The zero-order chi connectivity index (χ0) is 32.7. The highest BCUT2D eigenvalue weighted by atomic mass is 35.5. The Morgan fingerprint density at radius 3 is 2.49 bits per heavy atom. The molecule has 1 aromatic carbocycles. The highest BCUT2D eigenvalue weighted by Gasteiger charge is 2.34. The van der Waals surface area contributed by atoms with Crippen molar-refractivity contribution in [2.24, 2.45) is 0 Å². The molecule has 0 unspecified atom stereocenters. The van der Waals surface area contributed by atoms with Gasteiger partial charge >= 0.3 is 5.69 Å². The molecule has 5 rings (SSSR count). The predicted octanol–water partition coefficient (Wildman–Crippen LogP) is 5.74. The van der Waals surface area contributed by atoms with Gasteiger partial charge in [-0.3, -0.25) is 9.78 Å². The molecule has 4 heterocycles. The third kappa shape index (κ3) is 6.09. The van der Waals surface area contributed by atoms with Crippen molar-refractivity contribution >= 4 is 34.4 Å². The number of amides is 1. The summed E-state index contributed by atoms with van der Waals surface area (Å²) >= 11 is 6.85. The standard InChI is InChI=1S/C34H39ClFN7O2/c1-9-28(44)41-16-22(6)42(17-21(41)5)32-25-15-26(35)30(24-12-10-11-13-27(24)36)38-33(25)43(34(45)39-32)31-20(4)14-23(18-40(7)8)37-29(31)19(2)3/h9-15,19,21-22H,1,16-18H2,2-8H3/t21-,22+/m1/s1. The number of nitrogens with zero attached hydrogens (tertiary/aromatic N) is 7. The average molecular weight is 632 g/mol. The van der Waals surface area contributed by atoms with Crippen LogP contribution in [0.2, 0.25) is 5.02 Å². The lowest BCUT2D eigenvalue weighted by atomic mass is 10.0. The monoisotopic (exact) mass is 631 g/mol. The maximum Gasteiger partial charge on any atom is 0.355 e. The van der Waals surface area contributed by atoms with Gasteiger partial charge in [0, 0.05) is 37.3 Å². The lowest BCUT2D eigenvalue weighted by molar-refractivity contribution is -0.128. The number of aryl methyl sites for hydroxylation is 1. The number of rotatable bonds is 7. The predicted molar refractivity (Wildman–Crippen MR) is 178 cm³/mol. The summed E-state index contributed by atoms with van der Waals surface area (Å²) in [6.45, 7) is 15.0. The molecule has 9 nitrogen and oxygen atoms in total. The van der Waals surface area contributed by atoms with Gasteiger partial charge in [-0.05, 0) is 76.7 Å². The van der Waals surface area contributed by atoms with Crippen LogP contribution in [0.15, 0.2) is 53.8 Å². The van der Waals surface area contributed by atoms with Crippen molar-refractivity contribution < 1.29 is 9.18 Å². The van der Waals surface area contributed by atoms with Crippen LogP contribution in [0.1, 0.15) is 50.6 Å². The van der Waals surface area contributed by atoms with Gasteiger partial charge in [0.1, 0.15) is 11.6 Å². The van der Waals surface area contributed by atoms with E-state index in [9.17, 15) is 9.59 Å². The highest BCUT2D eigenvalue weighted by molar-refractivity contribution is 6.33. The molecule has 1 fully saturated rings. The van der Waals surface area contributed by atoms with Gasteiger partial charge in [-0.15, -0.1) is 0 Å². The zero-order valence-electron chi connectivity index (χ0n) is 26.8. The van der Waals surface area contributed by atoms with E-state index in [1.807, 2.05) is 64.6 Å². The molecule has 11 heteroatoms. The molecule has 0 spiro atoms. The normalized spacial score (nSPS) is 17.0. The fraction of sp³-hybridized carbons (Fsp3) is 0.382. The summed E-state index contributed by atoms with van der Waals surface area (Å²) in [7, 11) is 3.96. The number of halogens is 2. The molecule has 1 aliphatic heterocycles. The molecule has 3 aromatic heterocycles. The van der Waals surface area contributed by atoms with Crippen LogP contribution in [0, 0.1) is 12.7 Å². The minimum absolute atomic E-state index is 0.0304. The van der Waals surface area contributed by atoms with Gasteiger partial charge in [0.05, 0.1) is 33.2 Å². The van der Waals surface area contributed by atoms with Crippen molar-refractivity contribution in [2.45, 2.75) is 59.2 Å². The van der Waals surface area contributed by atoms with Crippen LogP contribution in [0.4, 0.5) is 10.2 Å². The van der Waals surface area contributed by atoms with E-state index in [2.05, 4.69) is 11.6 Å². The quantitative estimate of drug-likeness (QED) is 0.240. The van der Waals surface area contributed by atoms with Crippen LogP contribution in [0.3, 0.4) is 0 Å². The van der Waals surface area contributed by atoms with Crippen LogP contribution in [-0.2, 0) is 11.3 Å². The molecule has 1 aliphatic rings. The number of pyridine rings is 2. The average Bonchev–Trinajstić information content (AvgIpc) is 2.97. The van der Waals surface area contributed by atoms with Crippen molar-refractivity contribution in [3.8, 4) is 16.9 Å². The molecule has 2 atom stereocenters. The number of aromatic nitrogens is 4. The van der Waals surface area contributed by atoms with Crippen molar-refractivity contribution in [3.63, 3.8) is 0 Å². The summed E-state index contributed by atoms with van der Waals surface area (Å²) in [5.41, 5.74) is 3.24. The zero-order valence-corrected chi connectivity index (χ0v) is 27.6. The molecule has 0 aliphatic carbocycles. The van der Waals surface area contributed by atoms with E-state index in [0.717, 1.165) is 17.0 Å². The van der Waals surface area contributed by atoms with Gasteiger partial charge in [-0.1, -0.05) is 44.2 Å². The molecule has 1 amide bonds. The topological polar surface area (TPSA) is 87.5 Å². The summed E-state index contributed by atoms with van der Waals surface area (Å²) in [5.74, 6) is -0.249. The minimum Gasteiger partial charge on any atom is -0.349 e. The second kappa shape index (κ2) is 12.7. The number of carbonyl (C=O) groups is 1. The fourth-order valence-electron chi connectivity index (χ4n) is 6.07. The number of fused-ring (bicyclic) bond motifs is 1. The Labute approximate surface area is 268 Å². The summed E-state index contributed by atoms with van der Waals surface area (Å²) in [6, 6.07) is 9.61. The Balaban J connectivity index is 1.83. The molecule has 1 saturated heterocycles. The molecular formula is C34H39ClFN7O2. The first-order valence-corrected chi connectivity index (χ1v) is 15.4. The largest absolute Gasteiger partial charge is 0.355 e. The summed E-state index contributed by atoms with van der Waals surface area (Å²) in [5, 5.41) is 0.760. The maximum absolute atomic E-state index is 15.1. The van der Waals surface area contributed by atoms with Gasteiger partial charge in [-0.25, -0.2) is 18.7 Å². The summed E-state index contributed by atoms with van der Waals surface area (Å²) < 4.78 is 16.6. The maximum atomic E-state index is 15.1. The van der Waals surface area contributed by atoms with Crippen molar-refractivity contribution in [3.05, 3.63) is 87.3 Å². The van der Waals surface area contributed by atoms with Crippen LogP contribution < -0.4 is 10.6 Å². The third-order valence-corrected chi connectivity index (χ3v) is 8.45. The minimum atomic E-state index is -0.539. The molecule has 45 heavy (non-hydrogen) atoms. The first kappa shape index (κ1) is 32.2. The Morgan fingerprint density at radius 1 is 1.13 bits per heavy atom. The Morgan fingerprint density at radius 2 is 1.84 bits per heavy atom. The number of hydrogen-bond donors (Lipinski definition) is 0. The van der Waals surface area contributed by atoms with E-state index in [4.69, 9.17) is 21.6 Å². The summed E-state index contributed by atoms with van der Waals surface area (Å²) in [6.07, 6.45) is 1.31. The molecule has 4 aromatic rings. The van der Waals surface area contributed by atoms with Crippen LogP contribution in [-0.4, -0.2) is 74.5 Å². The molecule has 0 N–H and O–H groups in total. The Bertz CT molecular complexity index is 1860.